The first-order valence-corrected chi connectivity index (χ1v) is 8.83. The van der Waals surface area contributed by atoms with Gasteiger partial charge in [-0.25, -0.2) is 9.97 Å². The van der Waals surface area contributed by atoms with Gasteiger partial charge in [0.2, 0.25) is 5.78 Å². The molecule has 3 aromatic rings. The average Bonchev–Trinajstić information content (AvgIpc) is 3.10. The van der Waals surface area contributed by atoms with Crippen molar-refractivity contribution in [3.63, 3.8) is 0 Å². The van der Waals surface area contributed by atoms with Crippen molar-refractivity contribution in [2.45, 2.75) is 25.2 Å². The van der Waals surface area contributed by atoms with Crippen LogP contribution in [0, 0.1) is 0 Å². The number of nitrogens with one attached hydrogen (secondary N) is 1. The molecular formula is C20H18N4O3. The number of Topliss-reactive ketones (excluding diaryl/α,β-unsaturated/α-hetero) is 2. The van der Waals surface area contributed by atoms with Gasteiger partial charge in [0.05, 0.1) is 6.20 Å². The highest BCUT2D eigenvalue weighted by Crippen LogP contribution is 2.33. The van der Waals surface area contributed by atoms with Crippen molar-refractivity contribution in [3.05, 3.63) is 65.7 Å². The topological polar surface area (TPSA) is 93.4 Å². The minimum Gasteiger partial charge on any atom is -0.352 e. The Hall–Kier alpha value is -3.35. The Morgan fingerprint density at radius 1 is 1.15 bits per heavy atom. The molecule has 136 valence electrons. The summed E-state index contributed by atoms with van der Waals surface area (Å²) in [5.41, 5.74) is 2.07. The molecule has 7 heteroatoms. The number of carbonyl (C=O) groups is 3. The van der Waals surface area contributed by atoms with Crippen LogP contribution in [0.2, 0.25) is 0 Å². The van der Waals surface area contributed by atoms with Gasteiger partial charge >= 0.3 is 0 Å². The van der Waals surface area contributed by atoms with Gasteiger partial charge in [0.1, 0.15) is 11.5 Å². The molecule has 1 amide bonds. The molecule has 2 aromatic heterocycles. The van der Waals surface area contributed by atoms with Crippen LogP contribution in [0.5, 0.6) is 0 Å². The first-order valence-electron chi connectivity index (χ1n) is 8.83. The smallest absolute Gasteiger partial charge is 0.251 e. The zero-order valence-corrected chi connectivity index (χ0v) is 14.6. The fourth-order valence-corrected chi connectivity index (χ4v) is 3.19. The van der Waals surface area contributed by atoms with Crippen LogP contribution >= 0.6 is 0 Å². The van der Waals surface area contributed by atoms with Crippen LogP contribution in [0.1, 0.15) is 51.6 Å². The number of nitrogens with zero attached hydrogens (tertiary/aromatic N) is 3. The molecule has 0 radical (unpaired) electrons. The Balaban J connectivity index is 1.31. The Morgan fingerprint density at radius 3 is 2.67 bits per heavy atom. The lowest BCUT2D eigenvalue weighted by atomic mass is 9.79. The first kappa shape index (κ1) is 17.1. The lowest BCUT2D eigenvalue weighted by molar-refractivity contribution is -0.124. The zero-order chi connectivity index (χ0) is 18.8. The molecule has 1 fully saturated rings. The van der Waals surface area contributed by atoms with Crippen molar-refractivity contribution in [3.8, 4) is 0 Å². The molecule has 0 spiro atoms. The molecule has 1 N–H and O–H groups in total. The van der Waals surface area contributed by atoms with Gasteiger partial charge in [-0.05, 0) is 29.7 Å². The zero-order valence-electron chi connectivity index (χ0n) is 14.6. The number of hydrogen-bond donors (Lipinski definition) is 1. The molecule has 2 heterocycles. The molecule has 0 unspecified atom stereocenters. The number of carbonyl (C=O) groups excluding carboxylic acids is 3. The second-order valence-electron chi connectivity index (χ2n) is 6.63. The van der Waals surface area contributed by atoms with E-state index in [1.165, 1.54) is 6.20 Å². The molecule has 1 saturated carbocycles. The lowest BCUT2D eigenvalue weighted by Crippen LogP contribution is -2.26. The predicted molar refractivity (Wildman–Crippen MR) is 97.7 cm³/mol. The Bertz CT molecular complexity index is 1020. The highest BCUT2D eigenvalue weighted by Gasteiger charge is 2.27. The van der Waals surface area contributed by atoms with Crippen molar-refractivity contribution < 1.29 is 14.4 Å². The minimum atomic E-state index is -0.223. The van der Waals surface area contributed by atoms with E-state index in [0.717, 1.165) is 5.56 Å². The molecule has 0 bridgehead atoms. The van der Waals surface area contributed by atoms with Crippen LogP contribution in [0.4, 0.5) is 0 Å². The van der Waals surface area contributed by atoms with Crippen LogP contribution in [0.3, 0.4) is 0 Å². The van der Waals surface area contributed by atoms with Gasteiger partial charge in [-0.3, -0.25) is 18.8 Å². The number of imidazole rings is 1. The largest absolute Gasteiger partial charge is 0.352 e. The minimum absolute atomic E-state index is 0.110. The third-order valence-electron chi connectivity index (χ3n) is 4.80. The molecule has 27 heavy (non-hydrogen) atoms. The maximum atomic E-state index is 12.4. The Morgan fingerprint density at radius 2 is 1.93 bits per heavy atom. The predicted octanol–water partition coefficient (Wildman–Crippen LogP) is 2.18. The Labute approximate surface area is 155 Å². The molecule has 0 atom stereocenters. The van der Waals surface area contributed by atoms with Gasteiger partial charge < -0.3 is 5.32 Å². The second kappa shape index (κ2) is 7.11. The summed E-state index contributed by atoms with van der Waals surface area (Å²) in [7, 11) is 0. The van der Waals surface area contributed by atoms with E-state index in [9.17, 15) is 14.4 Å². The molecule has 1 aliphatic carbocycles. The fraction of sp³-hybridized carbons (Fsp3) is 0.250. The van der Waals surface area contributed by atoms with E-state index in [1.807, 2.05) is 12.1 Å². The summed E-state index contributed by atoms with van der Waals surface area (Å²) in [4.78, 5) is 43.9. The van der Waals surface area contributed by atoms with Crippen molar-refractivity contribution in [1.29, 1.82) is 0 Å². The number of fused-ring (bicyclic) bond motifs is 1. The highest BCUT2D eigenvalue weighted by atomic mass is 16.2. The summed E-state index contributed by atoms with van der Waals surface area (Å²) >= 11 is 0. The van der Waals surface area contributed by atoms with Crippen molar-refractivity contribution >= 4 is 23.3 Å². The normalized spacial score (nSPS) is 14.1. The van der Waals surface area contributed by atoms with E-state index in [-0.39, 0.29) is 36.4 Å². The van der Waals surface area contributed by atoms with Crippen molar-refractivity contribution in [1.82, 2.24) is 19.7 Å². The Kier molecular flexibility index (Phi) is 4.50. The SMILES string of the molecule is O=C1CC(c2ccc(C(=O)NCCC(=O)c3cnc4ncccn34)cc2)C1. The number of hydrogen-bond acceptors (Lipinski definition) is 5. The number of ketones is 2. The maximum absolute atomic E-state index is 12.4. The highest BCUT2D eigenvalue weighted by molar-refractivity contribution is 5.97. The van der Waals surface area contributed by atoms with Gasteiger partial charge in [0, 0.05) is 43.8 Å². The monoisotopic (exact) mass is 362 g/mol. The van der Waals surface area contributed by atoms with Crippen LogP contribution in [0.15, 0.2) is 48.9 Å². The van der Waals surface area contributed by atoms with E-state index in [2.05, 4.69) is 15.3 Å². The quantitative estimate of drug-likeness (QED) is 0.679. The molecule has 0 aliphatic heterocycles. The molecule has 1 aliphatic rings. The summed E-state index contributed by atoms with van der Waals surface area (Å²) in [6.45, 7) is 0.240. The third kappa shape index (κ3) is 3.48. The standard InChI is InChI=1S/C20H18N4O3/c25-16-10-15(11-16)13-2-4-14(5-3-13)19(27)21-8-6-18(26)17-12-23-20-22-7-1-9-24(17)20/h1-5,7,9,12,15H,6,8,10-11H2,(H,21,27). The number of benzene rings is 1. The third-order valence-corrected chi connectivity index (χ3v) is 4.80. The lowest BCUT2D eigenvalue weighted by Gasteiger charge is -2.24. The second-order valence-corrected chi connectivity index (χ2v) is 6.63. The fourth-order valence-electron chi connectivity index (χ4n) is 3.19. The van der Waals surface area contributed by atoms with Gasteiger partial charge in [-0.15, -0.1) is 0 Å². The summed E-state index contributed by atoms with van der Waals surface area (Å²) < 4.78 is 1.63. The van der Waals surface area contributed by atoms with Gasteiger partial charge in [0.15, 0.2) is 5.78 Å². The molecular weight excluding hydrogens is 344 g/mol. The van der Waals surface area contributed by atoms with E-state index >= 15 is 0 Å². The first-order chi connectivity index (χ1) is 13.1. The average molecular weight is 362 g/mol. The molecule has 7 nitrogen and oxygen atoms in total. The van der Waals surface area contributed by atoms with Crippen molar-refractivity contribution in [2.75, 3.05) is 6.54 Å². The number of amides is 1. The number of rotatable bonds is 6. The summed E-state index contributed by atoms with van der Waals surface area (Å²) in [5.74, 6) is 0.707. The van der Waals surface area contributed by atoms with Crippen molar-refractivity contribution in [2.24, 2.45) is 0 Å². The summed E-state index contributed by atoms with van der Waals surface area (Å²) in [5, 5.41) is 2.76. The number of aromatic nitrogens is 3. The maximum Gasteiger partial charge on any atom is 0.251 e. The summed E-state index contributed by atoms with van der Waals surface area (Å²) in [6, 6.07) is 9.03. The molecule has 1 aromatic carbocycles. The van der Waals surface area contributed by atoms with Gasteiger partial charge in [0.25, 0.3) is 5.91 Å². The van der Waals surface area contributed by atoms with Gasteiger partial charge in [-0.1, -0.05) is 12.1 Å². The summed E-state index contributed by atoms with van der Waals surface area (Å²) in [6.07, 6.45) is 6.20. The van der Waals surface area contributed by atoms with E-state index in [4.69, 9.17) is 0 Å². The van der Waals surface area contributed by atoms with Crippen LogP contribution in [-0.4, -0.2) is 38.4 Å². The van der Waals surface area contributed by atoms with Crippen LogP contribution in [0.25, 0.3) is 5.78 Å². The van der Waals surface area contributed by atoms with Crippen LogP contribution in [-0.2, 0) is 4.79 Å². The van der Waals surface area contributed by atoms with E-state index < -0.39 is 0 Å². The van der Waals surface area contributed by atoms with Gasteiger partial charge in [-0.2, -0.15) is 0 Å². The molecule has 0 saturated heterocycles. The molecule has 4 rings (SSSR count). The van der Waals surface area contributed by atoms with E-state index in [0.29, 0.717) is 29.9 Å². The van der Waals surface area contributed by atoms with Crippen LogP contribution < -0.4 is 5.32 Å². The van der Waals surface area contributed by atoms with E-state index in [1.54, 1.807) is 35.0 Å².